The molecule has 1 aliphatic carbocycles. The molecule has 1 fully saturated rings. The highest BCUT2D eigenvalue weighted by Gasteiger charge is 2.27. The van der Waals surface area contributed by atoms with E-state index >= 15 is 0 Å². The van der Waals surface area contributed by atoms with Gasteiger partial charge in [-0.05, 0) is 54.5 Å². The van der Waals surface area contributed by atoms with Crippen LogP contribution in [-0.4, -0.2) is 13.4 Å². The Hall–Kier alpha value is -2.23. The molecule has 4 rings (SSSR count). The van der Waals surface area contributed by atoms with E-state index in [1.165, 1.54) is 18.4 Å². The molecule has 0 N–H and O–H groups in total. The molecule has 0 bridgehead atoms. The molecule has 2 aromatic rings. The van der Waals surface area contributed by atoms with Gasteiger partial charge in [-0.3, -0.25) is 0 Å². The van der Waals surface area contributed by atoms with Crippen LogP contribution in [0.1, 0.15) is 37.2 Å². The Bertz CT molecular complexity index is 699. The van der Waals surface area contributed by atoms with Crippen molar-refractivity contribution >= 4 is 0 Å². The fraction of sp³-hybridized carbons (Fsp3) is 0.400. The van der Waals surface area contributed by atoms with Crippen molar-refractivity contribution in [3.63, 3.8) is 0 Å². The van der Waals surface area contributed by atoms with Gasteiger partial charge in [0.05, 0.1) is 6.61 Å². The third-order valence-corrected chi connectivity index (χ3v) is 5.02. The Morgan fingerprint density at radius 2 is 1.75 bits per heavy atom. The van der Waals surface area contributed by atoms with Crippen molar-refractivity contribution < 1.29 is 18.6 Å². The molecule has 0 saturated heterocycles. The molecule has 4 heteroatoms. The van der Waals surface area contributed by atoms with Crippen molar-refractivity contribution in [3.05, 3.63) is 53.8 Å². The molecule has 2 atom stereocenters. The molecular formula is C20H21FO3. The molecule has 2 aliphatic rings. The SMILES string of the molecule is Fc1ccc(C2CCCC[C@H]2COc2ccc3c(c2)OCO3)cc1. The van der Waals surface area contributed by atoms with Crippen molar-refractivity contribution in [1.82, 2.24) is 0 Å². The van der Waals surface area contributed by atoms with Crippen molar-refractivity contribution in [1.29, 1.82) is 0 Å². The molecule has 126 valence electrons. The zero-order valence-corrected chi connectivity index (χ0v) is 13.5. The molecule has 0 amide bonds. The second-order valence-corrected chi connectivity index (χ2v) is 6.53. The van der Waals surface area contributed by atoms with Crippen LogP contribution in [0, 0.1) is 11.7 Å². The van der Waals surface area contributed by atoms with Crippen LogP contribution in [0.4, 0.5) is 4.39 Å². The molecule has 2 aromatic carbocycles. The maximum atomic E-state index is 13.2. The standard InChI is InChI=1S/C20H21FO3/c21-16-7-5-14(6-8-16)18-4-2-1-3-15(18)12-22-17-9-10-19-20(11-17)24-13-23-19/h5-11,15,18H,1-4,12-13H2/t15-,18?/m0/s1. The van der Waals surface area contributed by atoms with Crippen LogP contribution in [0.2, 0.25) is 0 Å². The summed E-state index contributed by atoms with van der Waals surface area (Å²) < 4.78 is 29.9. The maximum Gasteiger partial charge on any atom is 0.231 e. The van der Waals surface area contributed by atoms with Gasteiger partial charge in [0.2, 0.25) is 6.79 Å². The lowest BCUT2D eigenvalue weighted by Gasteiger charge is -2.31. The fourth-order valence-corrected chi connectivity index (χ4v) is 3.73. The highest BCUT2D eigenvalue weighted by atomic mass is 19.1. The number of rotatable bonds is 4. The first kappa shape index (κ1) is 15.3. The molecule has 1 aliphatic heterocycles. The highest BCUT2D eigenvalue weighted by Crippen LogP contribution is 2.39. The summed E-state index contributed by atoms with van der Waals surface area (Å²) in [7, 11) is 0. The van der Waals surface area contributed by atoms with Crippen LogP contribution in [0.25, 0.3) is 0 Å². The largest absolute Gasteiger partial charge is 0.493 e. The first-order valence-electron chi connectivity index (χ1n) is 8.57. The van der Waals surface area contributed by atoms with Gasteiger partial charge in [-0.2, -0.15) is 0 Å². The summed E-state index contributed by atoms with van der Waals surface area (Å²) in [6, 6.07) is 12.6. The number of benzene rings is 2. The first-order valence-corrected chi connectivity index (χ1v) is 8.57. The monoisotopic (exact) mass is 328 g/mol. The van der Waals surface area contributed by atoms with Gasteiger partial charge in [0.1, 0.15) is 11.6 Å². The molecule has 1 heterocycles. The Morgan fingerprint density at radius 3 is 2.62 bits per heavy atom. The summed E-state index contributed by atoms with van der Waals surface area (Å²) >= 11 is 0. The lowest BCUT2D eigenvalue weighted by atomic mass is 9.76. The quantitative estimate of drug-likeness (QED) is 0.798. The molecule has 1 saturated carbocycles. The van der Waals surface area contributed by atoms with Crippen molar-refractivity contribution in [3.8, 4) is 17.2 Å². The molecule has 3 nitrogen and oxygen atoms in total. The topological polar surface area (TPSA) is 27.7 Å². The van der Waals surface area contributed by atoms with E-state index < -0.39 is 0 Å². The smallest absolute Gasteiger partial charge is 0.231 e. The average Bonchev–Trinajstić information content (AvgIpc) is 3.09. The third-order valence-electron chi connectivity index (χ3n) is 5.02. The van der Waals surface area contributed by atoms with Gasteiger partial charge in [-0.1, -0.05) is 25.0 Å². The Morgan fingerprint density at radius 1 is 0.958 bits per heavy atom. The van der Waals surface area contributed by atoms with Crippen LogP contribution < -0.4 is 14.2 Å². The van der Waals surface area contributed by atoms with E-state index in [4.69, 9.17) is 14.2 Å². The minimum Gasteiger partial charge on any atom is -0.493 e. The van der Waals surface area contributed by atoms with E-state index in [9.17, 15) is 4.39 Å². The summed E-state index contributed by atoms with van der Waals surface area (Å²) in [4.78, 5) is 0. The minimum atomic E-state index is -0.178. The number of hydrogen-bond donors (Lipinski definition) is 0. The van der Waals surface area contributed by atoms with E-state index in [1.807, 2.05) is 30.3 Å². The number of fused-ring (bicyclic) bond motifs is 1. The maximum absolute atomic E-state index is 13.2. The van der Waals surface area contributed by atoms with Crippen molar-refractivity contribution in [2.24, 2.45) is 5.92 Å². The summed E-state index contributed by atoms with van der Waals surface area (Å²) in [6.07, 6.45) is 4.74. The van der Waals surface area contributed by atoms with Crippen LogP contribution in [0.5, 0.6) is 17.2 Å². The van der Waals surface area contributed by atoms with Gasteiger partial charge in [0.25, 0.3) is 0 Å². The summed E-state index contributed by atoms with van der Waals surface area (Å²) in [6.45, 7) is 0.940. The summed E-state index contributed by atoms with van der Waals surface area (Å²) in [5.74, 6) is 3.03. The van der Waals surface area contributed by atoms with Gasteiger partial charge in [-0.15, -0.1) is 0 Å². The van der Waals surface area contributed by atoms with E-state index in [0.29, 0.717) is 18.4 Å². The Kier molecular flexibility index (Phi) is 4.28. The average molecular weight is 328 g/mol. The van der Waals surface area contributed by atoms with Gasteiger partial charge >= 0.3 is 0 Å². The van der Waals surface area contributed by atoms with E-state index in [1.54, 1.807) is 12.1 Å². The van der Waals surface area contributed by atoms with Crippen molar-refractivity contribution in [2.75, 3.05) is 13.4 Å². The minimum absolute atomic E-state index is 0.178. The second-order valence-electron chi connectivity index (χ2n) is 6.53. The molecule has 0 radical (unpaired) electrons. The van der Waals surface area contributed by atoms with E-state index in [0.717, 1.165) is 30.1 Å². The van der Waals surface area contributed by atoms with Gasteiger partial charge in [-0.25, -0.2) is 4.39 Å². The Balaban J connectivity index is 1.44. The van der Waals surface area contributed by atoms with Gasteiger partial charge < -0.3 is 14.2 Å². The molecule has 0 spiro atoms. The summed E-state index contributed by atoms with van der Waals surface area (Å²) in [5.41, 5.74) is 1.22. The number of ether oxygens (including phenoxy) is 3. The van der Waals surface area contributed by atoms with Crippen LogP contribution >= 0.6 is 0 Å². The van der Waals surface area contributed by atoms with E-state index in [2.05, 4.69) is 0 Å². The number of halogens is 1. The van der Waals surface area contributed by atoms with Gasteiger partial charge in [0.15, 0.2) is 11.5 Å². The second kappa shape index (κ2) is 6.71. The van der Waals surface area contributed by atoms with Crippen LogP contribution in [-0.2, 0) is 0 Å². The Labute approximate surface area is 141 Å². The molecule has 24 heavy (non-hydrogen) atoms. The normalized spacial score (nSPS) is 22.4. The predicted molar refractivity (Wildman–Crippen MR) is 89.2 cm³/mol. The lowest BCUT2D eigenvalue weighted by molar-refractivity contribution is 0.173. The van der Waals surface area contributed by atoms with Crippen LogP contribution in [0.15, 0.2) is 42.5 Å². The van der Waals surface area contributed by atoms with Crippen molar-refractivity contribution in [2.45, 2.75) is 31.6 Å². The molecule has 0 aromatic heterocycles. The zero-order chi connectivity index (χ0) is 16.4. The number of hydrogen-bond acceptors (Lipinski definition) is 3. The summed E-state index contributed by atoms with van der Waals surface area (Å²) in [5, 5.41) is 0. The zero-order valence-electron chi connectivity index (χ0n) is 13.5. The van der Waals surface area contributed by atoms with E-state index in [-0.39, 0.29) is 12.6 Å². The lowest BCUT2D eigenvalue weighted by Crippen LogP contribution is -2.24. The predicted octanol–water partition coefficient (Wildman–Crippen LogP) is 4.91. The third kappa shape index (κ3) is 3.18. The molecular weight excluding hydrogens is 307 g/mol. The highest BCUT2D eigenvalue weighted by molar-refractivity contribution is 5.46. The van der Waals surface area contributed by atoms with Crippen LogP contribution in [0.3, 0.4) is 0 Å². The molecule has 1 unspecified atom stereocenters. The first-order chi connectivity index (χ1) is 11.8. The fourth-order valence-electron chi connectivity index (χ4n) is 3.73. The van der Waals surface area contributed by atoms with Gasteiger partial charge in [0, 0.05) is 6.07 Å².